The predicted molar refractivity (Wildman–Crippen MR) is 90.2 cm³/mol. The lowest BCUT2D eigenvalue weighted by molar-refractivity contribution is -0.147. The Morgan fingerprint density at radius 2 is 1.58 bits per heavy atom. The van der Waals surface area contributed by atoms with Crippen LogP contribution in [0.15, 0.2) is 24.3 Å². The molecule has 1 aliphatic rings. The second kappa shape index (κ2) is 7.25. The first-order valence-corrected chi connectivity index (χ1v) is 8.30. The van der Waals surface area contributed by atoms with Crippen molar-refractivity contribution >= 4 is 5.97 Å². The molecule has 0 N–H and O–H groups in total. The zero-order chi connectivity index (χ0) is 19.8. The van der Waals surface area contributed by atoms with Crippen LogP contribution < -0.4 is 0 Å². The lowest BCUT2D eigenvalue weighted by Gasteiger charge is -2.12. The number of ether oxygens (including phenoxy) is 1. The van der Waals surface area contributed by atoms with Crippen LogP contribution >= 0.6 is 0 Å². The quantitative estimate of drug-likeness (QED) is 0.296. The van der Waals surface area contributed by atoms with Crippen molar-refractivity contribution in [2.75, 3.05) is 0 Å². The SMILES string of the molecule is C=CCc1c(F)c(F)c(COC(=O)[C@H]2[C@H](C=C(C)C)C2(C)C)c(F)c1F. The van der Waals surface area contributed by atoms with Crippen molar-refractivity contribution < 1.29 is 27.1 Å². The van der Waals surface area contributed by atoms with Crippen LogP contribution in [0.4, 0.5) is 17.6 Å². The molecule has 0 spiro atoms. The van der Waals surface area contributed by atoms with Crippen molar-refractivity contribution in [3.63, 3.8) is 0 Å². The van der Waals surface area contributed by atoms with Gasteiger partial charge >= 0.3 is 5.97 Å². The molecule has 1 aromatic carbocycles. The predicted octanol–water partition coefficient (Wildman–Crippen LogP) is 5.25. The average molecular weight is 370 g/mol. The highest BCUT2D eigenvalue weighted by Crippen LogP contribution is 2.59. The van der Waals surface area contributed by atoms with Gasteiger partial charge in [-0.25, -0.2) is 17.6 Å². The van der Waals surface area contributed by atoms with Gasteiger partial charge in [-0.3, -0.25) is 4.79 Å². The number of carbonyl (C=O) groups is 1. The molecule has 26 heavy (non-hydrogen) atoms. The van der Waals surface area contributed by atoms with Gasteiger partial charge in [0.25, 0.3) is 0 Å². The number of rotatable bonds is 6. The minimum absolute atomic E-state index is 0.0434. The molecule has 6 heteroatoms. The first kappa shape index (κ1) is 20.2. The van der Waals surface area contributed by atoms with E-state index in [1.54, 1.807) is 0 Å². The molecular weight excluding hydrogens is 348 g/mol. The van der Waals surface area contributed by atoms with E-state index in [4.69, 9.17) is 4.74 Å². The molecule has 0 saturated heterocycles. The largest absolute Gasteiger partial charge is 0.460 e. The molecule has 0 amide bonds. The van der Waals surface area contributed by atoms with Crippen molar-refractivity contribution in [2.24, 2.45) is 17.3 Å². The second-order valence-electron chi connectivity index (χ2n) is 7.38. The van der Waals surface area contributed by atoms with Gasteiger partial charge in [-0.15, -0.1) is 6.58 Å². The zero-order valence-corrected chi connectivity index (χ0v) is 15.3. The van der Waals surface area contributed by atoms with Crippen LogP contribution in [0.2, 0.25) is 0 Å². The minimum Gasteiger partial charge on any atom is -0.460 e. The third-order valence-corrected chi connectivity index (χ3v) is 4.83. The molecule has 2 rings (SSSR count). The van der Waals surface area contributed by atoms with E-state index in [0.29, 0.717) is 0 Å². The van der Waals surface area contributed by atoms with Crippen LogP contribution in [-0.4, -0.2) is 5.97 Å². The van der Waals surface area contributed by atoms with Gasteiger partial charge in [0, 0.05) is 5.56 Å². The van der Waals surface area contributed by atoms with Crippen LogP contribution in [0.1, 0.15) is 38.8 Å². The van der Waals surface area contributed by atoms with Crippen molar-refractivity contribution in [1.29, 1.82) is 0 Å². The van der Waals surface area contributed by atoms with Gasteiger partial charge in [0.1, 0.15) is 6.61 Å². The summed E-state index contributed by atoms with van der Waals surface area (Å²) >= 11 is 0. The Morgan fingerprint density at radius 1 is 1.08 bits per heavy atom. The number of carbonyl (C=O) groups excluding carboxylic acids is 1. The first-order chi connectivity index (χ1) is 12.0. The van der Waals surface area contributed by atoms with Gasteiger partial charge in [0.2, 0.25) is 0 Å². The number of allylic oxidation sites excluding steroid dienone is 3. The fraction of sp³-hybridized carbons (Fsp3) is 0.450. The average Bonchev–Trinajstić information content (AvgIpc) is 3.09. The summed E-state index contributed by atoms with van der Waals surface area (Å²) in [7, 11) is 0. The molecule has 2 atom stereocenters. The van der Waals surface area contributed by atoms with E-state index in [9.17, 15) is 22.4 Å². The Morgan fingerprint density at radius 3 is 2.04 bits per heavy atom. The standard InChI is InChI=1S/C20H22F4O2/c1-6-7-11-15(21)17(23)12(18(24)16(11)22)9-26-19(25)14-13(8-10(2)3)20(14,4)5/h6,8,13-14H,1,7,9H2,2-5H3/t13-,14+/m0/s1. The fourth-order valence-corrected chi connectivity index (χ4v) is 3.20. The molecule has 0 aliphatic heterocycles. The van der Waals surface area contributed by atoms with Crippen molar-refractivity contribution in [2.45, 2.75) is 40.7 Å². The molecule has 1 saturated carbocycles. The maximum absolute atomic E-state index is 14.1. The normalized spacial score (nSPS) is 20.5. The molecule has 2 nitrogen and oxygen atoms in total. The zero-order valence-electron chi connectivity index (χ0n) is 15.3. The number of benzene rings is 1. The van der Waals surface area contributed by atoms with E-state index in [1.165, 1.54) is 0 Å². The lowest BCUT2D eigenvalue weighted by Crippen LogP contribution is -2.14. The molecule has 1 aromatic rings. The maximum atomic E-state index is 14.1. The number of halogens is 4. The topological polar surface area (TPSA) is 26.3 Å². The third kappa shape index (κ3) is 3.55. The Labute approximate surface area is 150 Å². The van der Waals surface area contributed by atoms with Crippen LogP contribution in [0.25, 0.3) is 0 Å². The summed E-state index contributed by atoms with van der Waals surface area (Å²) in [6.07, 6.45) is 2.72. The third-order valence-electron chi connectivity index (χ3n) is 4.83. The maximum Gasteiger partial charge on any atom is 0.310 e. The molecule has 142 valence electrons. The lowest BCUT2D eigenvalue weighted by atomic mass is 10.1. The number of esters is 1. The number of hydrogen-bond acceptors (Lipinski definition) is 2. The molecule has 1 aliphatic carbocycles. The van der Waals surface area contributed by atoms with Gasteiger partial charge in [0.05, 0.1) is 11.5 Å². The highest BCUT2D eigenvalue weighted by atomic mass is 19.2. The molecular formula is C20H22F4O2. The molecule has 0 heterocycles. The van der Waals surface area contributed by atoms with Crippen LogP contribution in [0, 0.1) is 40.5 Å². The van der Waals surface area contributed by atoms with E-state index in [1.807, 2.05) is 33.8 Å². The molecule has 0 bridgehead atoms. The van der Waals surface area contributed by atoms with Crippen LogP contribution in [-0.2, 0) is 22.6 Å². The molecule has 0 unspecified atom stereocenters. The minimum atomic E-state index is -1.55. The van der Waals surface area contributed by atoms with Gasteiger partial charge in [0.15, 0.2) is 23.3 Å². The Bertz CT molecular complexity index is 748. The van der Waals surface area contributed by atoms with Gasteiger partial charge in [-0.1, -0.05) is 31.6 Å². The summed E-state index contributed by atoms with van der Waals surface area (Å²) in [5.41, 5.74) is -0.969. The van der Waals surface area contributed by atoms with Crippen LogP contribution in [0.3, 0.4) is 0 Å². The van der Waals surface area contributed by atoms with E-state index in [-0.39, 0.29) is 17.8 Å². The Balaban J connectivity index is 2.19. The molecule has 0 aromatic heterocycles. The van der Waals surface area contributed by atoms with E-state index in [0.717, 1.165) is 11.6 Å². The smallest absolute Gasteiger partial charge is 0.310 e. The molecule has 0 radical (unpaired) electrons. The summed E-state index contributed by atoms with van der Waals surface area (Å²) in [5.74, 6) is -7.24. The fourth-order valence-electron chi connectivity index (χ4n) is 3.20. The second-order valence-corrected chi connectivity index (χ2v) is 7.38. The van der Waals surface area contributed by atoms with E-state index in [2.05, 4.69) is 6.58 Å². The summed E-state index contributed by atoms with van der Waals surface area (Å²) in [5, 5.41) is 0. The van der Waals surface area contributed by atoms with Crippen molar-refractivity contribution in [1.82, 2.24) is 0 Å². The number of hydrogen-bond donors (Lipinski definition) is 0. The highest BCUT2D eigenvalue weighted by molar-refractivity contribution is 5.78. The van der Waals surface area contributed by atoms with Gasteiger partial charge in [-0.05, 0) is 31.6 Å². The molecule has 1 fully saturated rings. The summed E-state index contributed by atoms with van der Waals surface area (Å²) in [6.45, 7) is 9.99. The van der Waals surface area contributed by atoms with Crippen molar-refractivity contribution in [3.8, 4) is 0 Å². The van der Waals surface area contributed by atoms with Crippen molar-refractivity contribution in [3.05, 3.63) is 58.7 Å². The Kier molecular flexibility index (Phi) is 5.64. The Hall–Kier alpha value is -2.11. The van der Waals surface area contributed by atoms with E-state index < -0.39 is 52.9 Å². The monoisotopic (exact) mass is 370 g/mol. The summed E-state index contributed by atoms with van der Waals surface area (Å²) in [6, 6.07) is 0. The van der Waals surface area contributed by atoms with E-state index >= 15 is 0 Å². The summed E-state index contributed by atoms with van der Waals surface area (Å²) < 4.78 is 61.0. The van der Waals surface area contributed by atoms with Gasteiger partial charge < -0.3 is 4.74 Å². The first-order valence-electron chi connectivity index (χ1n) is 8.30. The summed E-state index contributed by atoms with van der Waals surface area (Å²) in [4.78, 5) is 12.3. The van der Waals surface area contributed by atoms with Crippen LogP contribution in [0.5, 0.6) is 0 Å². The van der Waals surface area contributed by atoms with Gasteiger partial charge in [-0.2, -0.15) is 0 Å². The highest BCUT2D eigenvalue weighted by Gasteiger charge is 2.61.